The van der Waals surface area contributed by atoms with E-state index in [0.717, 1.165) is 22.5 Å². The number of allylic oxidation sites excluding steroid dienone is 1. The van der Waals surface area contributed by atoms with Gasteiger partial charge in [-0.2, -0.15) is 5.10 Å². The van der Waals surface area contributed by atoms with Crippen LogP contribution in [0.25, 0.3) is 0 Å². The number of hydrogen-bond acceptors (Lipinski definition) is 3. The van der Waals surface area contributed by atoms with Crippen LogP contribution >= 0.6 is 0 Å². The summed E-state index contributed by atoms with van der Waals surface area (Å²) in [7, 11) is 0. The van der Waals surface area contributed by atoms with Gasteiger partial charge in [-0.25, -0.2) is 4.68 Å². The van der Waals surface area contributed by atoms with Crippen molar-refractivity contribution in [2.45, 2.75) is 27.2 Å². The van der Waals surface area contributed by atoms with Gasteiger partial charge in [0, 0.05) is 11.3 Å². The molecule has 0 amide bonds. The van der Waals surface area contributed by atoms with Gasteiger partial charge >= 0.3 is 0 Å². The molecule has 0 N–H and O–H groups in total. The fourth-order valence-corrected chi connectivity index (χ4v) is 2.20. The fraction of sp³-hybridized carbons (Fsp3) is 0.294. The lowest BCUT2D eigenvalue weighted by Crippen LogP contribution is -2.21. The molecule has 2 rings (SSSR count). The van der Waals surface area contributed by atoms with Crippen molar-refractivity contribution in [2.24, 2.45) is 0 Å². The van der Waals surface area contributed by atoms with Crippen molar-refractivity contribution in [3.8, 4) is 5.75 Å². The van der Waals surface area contributed by atoms with Crippen LogP contribution in [0.5, 0.6) is 5.75 Å². The van der Waals surface area contributed by atoms with Gasteiger partial charge < -0.3 is 4.74 Å². The molecule has 0 bridgehead atoms. The van der Waals surface area contributed by atoms with Gasteiger partial charge in [-0.3, -0.25) is 4.79 Å². The van der Waals surface area contributed by atoms with Crippen LogP contribution < -0.4 is 4.74 Å². The summed E-state index contributed by atoms with van der Waals surface area (Å²) >= 11 is 0. The highest BCUT2D eigenvalue weighted by Gasteiger charge is 2.16. The minimum Gasteiger partial charge on any atom is -0.484 e. The smallest absolute Gasteiger partial charge is 0.284 e. The van der Waals surface area contributed by atoms with Crippen molar-refractivity contribution < 1.29 is 9.53 Å². The zero-order valence-electron chi connectivity index (χ0n) is 12.7. The van der Waals surface area contributed by atoms with Crippen LogP contribution in [0.3, 0.4) is 0 Å². The summed E-state index contributed by atoms with van der Waals surface area (Å²) in [5.41, 5.74) is 3.91. The zero-order chi connectivity index (χ0) is 15.4. The summed E-state index contributed by atoms with van der Waals surface area (Å²) in [4.78, 5) is 12.2. The normalized spacial score (nSPS) is 10.4. The summed E-state index contributed by atoms with van der Waals surface area (Å²) in [5.74, 6) is 0.508. The molecule has 2 aromatic rings. The van der Waals surface area contributed by atoms with Gasteiger partial charge in [0.1, 0.15) is 5.75 Å². The molecule has 4 heteroatoms. The third kappa shape index (κ3) is 3.40. The molecule has 0 saturated heterocycles. The molecule has 21 heavy (non-hydrogen) atoms. The second-order valence-corrected chi connectivity index (χ2v) is 5.05. The molecular formula is C17H20N2O2. The number of ether oxygens (including phenoxy) is 1. The lowest BCUT2D eigenvalue weighted by Gasteiger charge is -2.07. The fourth-order valence-electron chi connectivity index (χ4n) is 2.20. The molecule has 0 unspecified atom stereocenters. The van der Waals surface area contributed by atoms with Crippen LogP contribution in [0, 0.1) is 20.8 Å². The summed E-state index contributed by atoms with van der Waals surface area (Å²) in [6.07, 6.45) is 2.53. The van der Waals surface area contributed by atoms with E-state index >= 15 is 0 Å². The largest absolute Gasteiger partial charge is 0.484 e. The molecule has 4 nitrogen and oxygen atoms in total. The summed E-state index contributed by atoms with van der Waals surface area (Å²) in [5, 5.41) is 4.29. The quantitative estimate of drug-likeness (QED) is 0.792. The number of nitrogens with zero attached hydrogens (tertiary/aromatic N) is 2. The molecule has 0 radical (unpaired) electrons. The van der Waals surface area contributed by atoms with Gasteiger partial charge in [0.25, 0.3) is 5.91 Å². The van der Waals surface area contributed by atoms with Gasteiger partial charge in [0.15, 0.2) is 6.61 Å². The Morgan fingerprint density at radius 2 is 1.95 bits per heavy atom. The van der Waals surface area contributed by atoms with E-state index in [4.69, 9.17) is 4.74 Å². The molecule has 1 aromatic heterocycles. The second-order valence-electron chi connectivity index (χ2n) is 5.05. The van der Waals surface area contributed by atoms with Gasteiger partial charge in [-0.1, -0.05) is 23.8 Å². The van der Waals surface area contributed by atoms with Crippen LogP contribution in [0.2, 0.25) is 0 Å². The lowest BCUT2D eigenvalue weighted by molar-refractivity contribution is 0.0818. The first-order valence-electron chi connectivity index (χ1n) is 6.91. The Hall–Kier alpha value is -2.36. The van der Waals surface area contributed by atoms with Crippen LogP contribution in [0.15, 0.2) is 36.9 Å². The number of benzene rings is 1. The van der Waals surface area contributed by atoms with E-state index in [1.54, 1.807) is 0 Å². The van der Waals surface area contributed by atoms with E-state index < -0.39 is 0 Å². The van der Waals surface area contributed by atoms with Crippen molar-refractivity contribution in [1.82, 2.24) is 9.78 Å². The molecule has 0 aliphatic heterocycles. The molecule has 1 heterocycles. The summed E-state index contributed by atoms with van der Waals surface area (Å²) in [6.45, 7) is 9.50. The van der Waals surface area contributed by atoms with E-state index in [0.29, 0.717) is 12.2 Å². The third-order valence-electron chi connectivity index (χ3n) is 3.41. The predicted molar refractivity (Wildman–Crippen MR) is 82.9 cm³/mol. The summed E-state index contributed by atoms with van der Waals surface area (Å²) in [6, 6.07) is 7.61. The van der Waals surface area contributed by atoms with Gasteiger partial charge in [0.05, 0.1) is 5.69 Å². The zero-order valence-corrected chi connectivity index (χ0v) is 12.7. The predicted octanol–water partition coefficient (Wildman–Crippen LogP) is 3.26. The lowest BCUT2D eigenvalue weighted by atomic mass is 10.1. The molecule has 0 fully saturated rings. The minimum absolute atomic E-state index is 0.0292. The first kappa shape index (κ1) is 15.0. The van der Waals surface area contributed by atoms with E-state index in [1.807, 2.05) is 51.1 Å². The number of aromatic nitrogens is 2. The van der Waals surface area contributed by atoms with E-state index in [-0.39, 0.29) is 12.5 Å². The van der Waals surface area contributed by atoms with Crippen LogP contribution in [0.1, 0.15) is 27.3 Å². The monoisotopic (exact) mass is 284 g/mol. The van der Waals surface area contributed by atoms with E-state index in [2.05, 4.69) is 11.7 Å². The van der Waals surface area contributed by atoms with Gasteiger partial charge in [-0.05, 0) is 39.3 Å². The van der Waals surface area contributed by atoms with Gasteiger partial charge in [0.2, 0.25) is 0 Å². The summed E-state index contributed by atoms with van der Waals surface area (Å²) < 4.78 is 6.93. The Balaban J connectivity index is 2.08. The van der Waals surface area contributed by atoms with Crippen molar-refractivity contribution >= 4 is 5.91 Å². The highest BCUT2D eigenvalue weighted by molar-refractivity contribution is 5.80. The van der Waals surface area contributed by atoms with Crippen molar-refractivity contribution in [3.05, 3.63) is 59.4 Å². The second kappa shape index (κ2) is 6.39. The highest BCUT2D eigenvalue weighted by Crippen LogP contribution is 2.15. The number of carbonyl (C=O) groups is 1. The Morgan fingerprint density at radius 3 is 2.57 bits per heavy atom. The maximum atomic E-state index is 12.2. The molecule has 0 aliphatic carbocycles. The Bertz CT molecular complexity index is 654. The maximum Gasteiger partial charge on any atom is 0.284 e. The number of hydrogen-bond donors (Lipinski definition) is 0. The van der Waals surface area contributed by atoms with Crippen LogP contribution in [0.4, 0.5) is 0 Å². The SMILES string of the molecule is C=CCc1c(C)nn(C(=O)COc2ccc(C)cc2)c1C. The van der Waals surface area contributed by atoms with Crippen LogP contribution in [-0.4, -0.2) is 22.3 Å². The van der Waals surface area contributed by atoms with Crippen molar-refractivity contribution in [1.29, 1.82) is 0 Å². The van der Waals surface area contributed by atoms with E-state index in [1.165, 1.54) is 4.68 Å². The highest BCUT2D eigenvalue weighted by atomic mass is 16.5. The number of aryl methyl sites for hydroxylation is 2. The molecule has 0 saturated carbocycles. The standard InChI is InChI=1S/C17H20N2O2/c1-5-6-16-13(3)18-19(14(16)4)17(20)11-21-15-9-7-12(2)8-10-15/h5,7-10H,1,6,11H2,2-4H3. The number of carbonyl (C=O) groups excluding carboxylic acids is 1. The molecule has 0 spiro atoms. The Kier molecular flexibility index (Phi) is 4.58. The third-order valence-corrected chi connectivity index (χ3v) is 3.41. The topological polar surface area (TPSA) is 44.1 Å². The first-order chi connectivity index (χ1) is 10.0. The maximum absolute atomic E-state index is 12.2. The Labute approximate surface area is 125 Å². The van der Waals surface area contributed by atoms with Gasteiger partial charge in [-0.15, -0.1) is 6.58 Å². The van der Waals surface area contributed by atoms with Crippen molar-refractivity contribution in [2.75, 3.05) is 6.61 Å². The Morgan fingerprint density at radius 1 is 1.29 bits per heavy atom. The minimum atomic E-state index is -0.175. The first-order valence-corrected chi connectivity index (χ1v) is 6.91. The van der Waals surface area contributed by atoms with Crippen molar-refractivity contribution in [3.63, 3.8) is 0 Å². The molecule has 1 aromatic carbocycles. The van der Waals surface area contributed by atoms with E-state index in [9.17, 15) is 4.79 Å². The molecule has 0 aliphatic rings. The van der Waals surface area contributed by atoms with Crippen LogP contribution in [-0.2, 0) is 6.42 Å². The molecule has 0 atom stereocenters. The average molecular weight is 284 g/mol. The number of rotatable bonds is 5. The molecular weight excluding hydrogens is 264 g/mol. The molecule has 110 valence electrons. The average Bonchev–Trinajstić information content (AvgIpc) is 2.75.